The Balaban J connectivity index is 2.00. The lowest BCUT2D eigenvalue weighted by Gasteiger charge is -2.32. The van der Waals surface area contributed by atoms with Crippen molar-refractivity contribution in [3.8, 4) is 5.75 Å². The molecule has 0 spiro atoms. The molecule has 2 aromatic rings. The monoisotopic (exact) mass is 454 g/mol. The van der Waals surface area contributed by atoms with Crippen LogP contribution in [0.5, 0.6) is 5.75 Å². The molecule has 1 aliphatic rings. The van der Waals surface area contributed by atoms with E-state index >= 15 is 0 Å². The Hall–Kier alpha value is -3.52. The van der Waals surface area contributed by atoms with Gasteiger partial charge in [0.1, 0.15) is 23.1 Å². The standard InChI is InChI=1S/C25H31FN4O3/c1-18-11-12-21(15-22(18)26)33-25-27-24(29(4)17-32)23(19(2)28(3)13-8-14-31)30(25)16-20-9-6-5-7-10-20/h5-7,9-12,15,17,25,27,31H,2,8,13-14,16H2,1,3-4H3. The Morgan fingerprint density at radius 3 is 2.64 bits per heavy atom. The molecule has 1 unspecified atom stereocenters. The predicted molar refractivity (Wildman–Crippen MR) is 125 cm³/mol. The molecular weight excluding hydrogens is 423 g/mol. The van der Waals surface area contributed by atoms with Crippen LogP contribution in [0.25, 0.3) is 0 Å². The number of rotatable bonds is 11. The summed E-state index contributed by atoms with van der Waals surface area (Å²) in [5.74, 6) is 0.535. The van der Waals surface area contributed by atoms with E-state index in [9.17, 15) is 14.3 Å². The summed E-state index contributed by atoms with van der Waals surface area (Å²) in [5.41, 5.74) is 2.91. The van der Waals surface area contributed by atoms with Gasteiger partial charge in [0, 0.05) is 39.9 Å². The number of aliphatic hydroxyl groups excluding tert-OH is 1. The van der Waals surface area contributed by atoms with Crippen LogP contribution in [0.3, 0.4) is 0 Å². The number of amides is 1. The number of benzene rings is 2. The quantitative estimate of drug-likeness (QED) is 0.509. The highest BCUT2D eigenvalue weighted by Crippen LogP contribution is 2.32. The Morgan fingerprint density at radius 1 is 1.27 bits per heavy atom. The van der Waals surface area contributed by atoms with Gasteiger partial charge in [-0.15, -0.1) is 0 Å². The zero-order valence-electron chi connectivity index (χ0n) is 19.3. The number of ether oxygens (including phenoxy) is 1. The van der Waals surface area contributed by atoms with Crippen LogP contribution in [0.1, 0.15) is 17.5 Å². The van der Waals surface area contributed by atoms with Crippen molar-refractivity contribution in [1.29, 1.82) is 0 Å². The van der Waals surface area contributed by atoms with Gasteiger partial charge in [-0.05, 0) is 30.5 Å². The number of aliphatic hydroxyl groups is 1. The summed E-state index contributed by atoms with van der Waals surface area (Å²) < 4.78 is 20.3. The predicted octanol–water partition coefficient (Wildman–Crippen LogP) is 2.99. The number of likely N-dealkylation sites (N-methyl/N-ethyl adjacent to an activating group) is 1. The van der Waals surface area contributed by atoms with Crippen LogP contribution in [-0.2, 0) is 11.3 Å². The number of nitrogens with zero attached hydrogens (tertiary/aromatic N) is 3. The minimum Gasteiger partial charge on any atom is -0.452 e. The van der Waals surface area contributed by atoms with E-state index in [2.05, 4.69) is 11.9 Å². The van der Waals surface area contributed by atoms with Crippen LogP contribution in [0.4, 0.5) is 4.39 Å². The minimum absolute atomic E-state index is 0.0640. The molecule has 2 aromatic carbocycles. The lowest BCUT2D eigenvalue weighted by atomic mass is 10.2. The lowest BCUT2D eigenvalue weighted by molar-refractivity contribution is -0.115. The van der Waals surface area contributed by atoms with Crippen molar-refractivity contribution in [3.05, 3.63) is 89.3 Å². The van der Waals surface area contributed by atoms with Gasteiger partial charge in [0.15, 0.2) is 0 Å². The maximum absolute atomic E-state index is 14.2. The van der Waals surface area contributed by atoms with Crippen LogP contribution in [0.2, 0.25) is 0 Å². The molecule has 1 heterocycles. The van der Waals surface area contributed by atoms with E-state index in [1.165, 1.54) is 11.0 Å². The van der Waals surface area contributed by atoms with E-state index in [1.807, 2.05) is 47.2 Å². The normalized spacial score (nSPS) is 15.3. The fourth-order valence-electron chi connectivity index (χ4n) is 3.58. The molecule has 0 bridgehead atoms. The molecule has 1 aliphatic heterocycles. The van der Waals surface area contributed by atoms with Crippen molar-refractivity contribution < 1.29 is 19.0 Å². The number of hydrogen-bond acceptors (Lipinski definition) is 6. The van der Waals surface area contributed by atoms with Crippen LogP contribution in [0, 0.1) is 12.7 Å². The Morgan fingerprint density at radius 2 is 2.00 bits per heavy atom. The molecule has 0 aliphatic carbocycles. The summed E-state index contributed by atoms with van der Waals surface area (Å²) >= 11 is 0. The maximum Gasteiger partial charge on any atom is 0.252 e. The highest BCUT2D eigenvalue weighted by atomic mass is 19.1. The van der Waals surface area contributed by atoms with Crippen LogP contribution in [-0.4, -0.2) is 59.8 Å². The first kappa shape index (κ1) is 24.1. The van der Waals surface area contributed by atoms with Crippen molar-refractivity contribution >= 4 is 6.41 Å². The van der Waals surface area contributed by atoms with E-state index in [0.717, 1.165) is 5.56 Å². The van der Waals surface area contributed by atoms with Gasteiger partial charge in [0.2, 0.25) is 6.41 Å². The molecule has 0 fully saturated rings. The van der Waals surface area contributed by atoms with Crippen molar-refractivity contribution in [2.75, 3.05) is 27.2 Å². The van der Waals surface area contributed by atoms with E-state index < -0.39 is 6.35 Å². The van der Waals surface area contributed by atoms with Crippen molar-refractivity contribution in [1.82, 2.24) is 20.0 Å². The summed E-state index contributed by atoms with van der Waals surface area (Å²) in [7, 11) is 3.53. The second-order valence-electron chi connectivity index (χ2n) is 8.00. The van der Waals surface area contributed by atoms with E-state index in [-0.39, 0.29) is 12.4 Å². The second kappa shape index (κ2) is 10.9. The van der Waals surface area contributed by atoms with Gasteiger partial charge in [0.25, 0.3) is 6.35 Å². The van der Waals surface area contributed by atoms with Crippen LogP contribution in [0.15, 0.2) is 72.3 Å². The third kappa shape index (κ3) is 5.64. The van der Waals surface area contributed by atoms with E-state index in [4.69, 9.17) is 4.74 Å². The van der Waals surface area contributed by atoms with Gasteiger partial charge < -0.3 is 29.9 Å². The topological polar surface area (TPSA) is 68.3 Å². The smallest absolute Gasteiger partial charge is 0.252 e. The maximum atomic E-state index is 14.2. The average Bonchev–Trinajstić information content (AvgIpc) is 3.17. The molecule has 1 atom stereocenters. The molecule has 3 rings (SSSR count). The van der Waals surface area contributed by atoms with Crippen molar-refractivity contribution in [2.45, 2.75) is 26.2 Å². The molecule has 8 heteroatoms. The zero-order chi connectivity index (χ0) is 24.0. The Kier molecular flexibility index (Phi) is 7.95. The number of nitrogens with one attached hydrogen (secondary N) is 1. The summed E-state index contributed by atoms with van der Waals surface area (Å²) in [4.78, 5) is 17.0. The Labute approximate surface area is 194 Å². The van der Waals surface area contributed by atoms with Crippen molar-refractivity contribution in [2.24, 2.45) is 0 Å². The summed E-state index contributed by atoms with van der Waals surface area (Å²) in [6, 6.07) is 14.6. The van der Waals surface area contributed by atoms with Crippen LogP contribution >= 0.6 is 0 Å². The van der Waals surface area contributed by atoms with Gasteiger partial charge in [-0.3, -0.25) is 4.79 Å². The van der Waals surface area contributed by atoms with Gasteiger partial charge in [-0.2, -0.15) is 0 Å². The number of carbonyl (C=O) groups is 1. The average molecular weight is 455 g/mol. The number of carbonyl (C=O) groups excluding carboxylic acids is 1. The number of aryl methyl sites for hydroxylation is 1. The van der Waals surface area contributed by atoms with E-state index in [1.54, 1.807) is 26.1 Å². The SMILES string of the molecule is C=C(C1=C(N(C)C=O)NC(Oc2ccc(C)c(F)c2)N1Cc1ccccc1)N(C)CCCO. The minimum atomic E-state index is -0.706. The molecule has 176 valence electrons. The third-order valence-electron chi connectivity index (χ3n) is 5.54. The molecule has 1 amide bonds. The number of hydrogen-bond donors (Lipinski definition) is 2. The van der Waals surface area contributed by atoms with Gasteiger partial charge in [-0.1, -0.05) is 43.0 Å². The van der Waals surface area contributed by atoms with Gasteiger partial charge >= 0.3 is 0 Å². The first-order valence-electron chi connectivity index (χ1n) is 10.8. The molecule has 0 saturated heterocycles. The van der Waals surface area contributed by atoms with Gasteiger partial charge in [-0.25, -0.2) is 4.39 Å². The third-order valence-corrected chi connectivity index (χ3v) is 5.54. The summed E-state index contributed by atoms with van der Waals surface area (Å²) in [5, 5.41) is 12.5. The Bertz CT molecular complexity index is 1010. The second-order valence-corrected chi connectivity index (χ2v) is 8.00. The molecule has 0 saturated carbocycles. The zero-order valence-corrected chi connectivity index (χ0v) is 19.3. The van der Waals surface area contributed by atoms with Crippen molar-refractivity contribution in [3.63, 3.8) is 0 Å². The first-order chi connectivity index (χ1) is 15.8. The molecule has 33 heavy (non-hydrogen) atoms. The molecule has 7 nitrogen and oxygen atoms in total. The summed E-state index contributed by atoms with van der Waals surface area (Å²) in [6.45, 7) is 7.07. The fourth-order valence-corrected chi connectivity index (χ4v) is 3.58. The molecule has 0 aromatic heterocycles. The van der Waals surface area contributed by atoms with E-state index in [0.29, 0.717) is 54.4 Å². The molecule has 0 radical (unpaired) electrons. The molecule has 2 N–H and O–H groups in total. The largest absolute Gasteiger partial charge is 0.452 e. The summed E-state index contributed by atoms with van der Waals surface area (Å²) in [6.07, 6.45) is 0.580. The first-order valence-corrected chi connectivity index (χ1v) is 10.8. The number of halogens is 1. The lowest BCUT2D eigenvalue weighted by Crippen LogP contribution is -2.43. The highest BCUT2D eigenvalue weighted by molar-refractivity contribution is 5.53. The van der Waals surface area contributed by atoms with Crippen LogP contribution < -0.4 is 10.1 Å². The molecular formula is C25H31FN4O3. The fraction of sp³-hybridized carbons (Fsp3) is 0.320. The highest BCUT2D eigenvalue weighted by Gasteiger charge is 2.37. The van der Waals surface area contributed by atoms with Gasteiger partial charge in [0.05, 0.1) is 5.70 Å².